The van der Waals surface area contributed by atoms with Crippen molar-refractivity contribution in [3.63, 3.8) is 0 Å². The Bertz CT molecular complexity index is 658. The third-order valence-electron chi connectivity index (χ3n) is 3.54. The van der Waals surface area contributed by atoms with Gasteiger partial charge < -0.3 is 21.1 Å². The van der Waals surface area contributed by atoms with E-state index < -0.39 is 5.91 Å². The van der Waals surface area contributed by atoms with E-state index in [0.717, 1.165) is 32.1 Å². The SMILES string of the molecule is N#C/C(=C/NC(=O)C1CCNCC1)C(=O)Nc1cccc(O)c1. The van der Waals surface area contributed by atoms with Crippen molar-refractivity contribution in [2.75, 3.05) is 18.4 Å². The molecule has 1 aliphatic rings. The fourth-order valence-corrected chi connectivity index (χ4v) is 2.28. The number of amides is 2. The summed E-state index contributed by atoms with van der Waals surface area (Å²) in [4.78, 5) is 24.0. The number of anilines is 1. The van der Waals surface area contributed by atoms with E-state index in [2.05, 4.69) is 16.0 Å². The highest BCUT2D eigenvalue weighted by Gasteiger charge is 2.20. The van der Waals surface area contributed by atoms with Crippen LogP contribution in [0.4, 0.5) is 5.69 Å². The summed E-state index contributed by atoms with van der Waals surface area (Å²) in [6.07, 6.45) is 2.59. The minimum Gasteiger partial charge on any atom is -0.508 e. The Hall–Kier alpha value is -2.85. The van der Waals surface area contributed by atoms with Gasteiger partial charge in [-0.3, -0.25) is 9.59 Å². The maximum absolute atomic E-state index is 12.0. The third kappa shape index (κ3) is 4.83. The number of hydrogen-bond acceptors (Lipinski definition) is 5. The zero-order valence-electron chi connectivity index (χ0n) is 12.5. The Morgan fingerprint density at radius 3 is 2.74 bits per heavy atom. The van der Waals surface area contributed by atoms with Crippen LogP contribution < -0.4 is 16.0 Å². The molecule has 0 radical (unpaired) electrons. The normalized spacial score (nSPS) is 15.5. The molecular formula is C16H18N4O3. The van der Waals surface area contributed by atoms with Gasteiger partial charge in [-0.25, -0.2) is 0 Å². The van der Waals surface area contributed by atoms with Crippen LogP contribution >= 0.6 is 0 Å². The van der Waals surface area contributed by atoms with Gasteiger partial charge in [0.25, 0.3) is 5.91 Å². The number of phenolic OH excluding ortho intramolecular Hbond substituents is 1. The number of hydrogen-bond donors (Lipinski definition) is 4. The molecule has 1 heterocycles. The monoisotopic (exact) mass is 314 g/mol. The first kappa shape index (κ1) is 16.5. The number of carbonyl (C=O) groups excluding carboxylic acids is 2. The Balaban J connectivity index is 1.96. The van der Waals surface area contributed by atoms with Crippen LogP contribution in [-0.2, 0) is 9.59 Å². The summed E-state index contributed by atoms with van der Waals surface area (Å²) in [5.41, 5.74) is 0.149. The Morgan fingerprint density at radius 1 is 1.35 bits per heavy atom. The summed E-state index contributed by atoms with van der Waals surface area (Å²) in [6, 6.07) is 7.74. The molecule has 7 heteroatoms. The van der Waals surface area contributed by atoms with Crippen molar-refractivity contribution in [3.8, 4) is 11.8 Å². The molecule has 1 aliphatic heterocycles. The fourth-order valence-electron chi connectivity index (χ4n) is 2.28. The summed E-state index contributed by atoms with van der Waals surface area (Å²) in [7, 11) is 0. The van der Waals surface area contributed by atoms with E-state index in [-0.39, 0.29) is 23.1 Å². The highest BCUT2D eigenvalue weighted by molar-refractivity contribution is 6.06. The summed E-state index contributed by atoms with van der Waals surface area (Å²) >= 11 is 0. The first-order valence-corrected chi connectivity index (χ1v) is 7.32. The van der Waals surface area contributed by atoms with Gasteiger partial charge in [0.05, 0.1) is 0 Å². The zero-order valence-corrected chi connectivity index (χ0v) is 12.5. The van der Waals surface area contributed by atoms with E-state index in [1.807, 2.05) is 0 Å². The lowest BCUT2D eigenvalue weighted by Crippen LogP contribution is -2.36. The Morgan fingerprint density at radius 2 is 2.09 bits per heavy atom. The van der Waals surface area contributed by atoms with E-state index in [9.17, 15) is 14.7 Å². The number of rotatable bonds is 4. The van der Waals surface area contributed by atoms with Crippen LogP contribution in [0.2, 0.25) is 0 Å². The molecule has 0 aliphatic carbocycles. The summed E-state index contributed by atoms with van der Waals surface area (Å²) < 4.78 is 0. The number of phenols is 1. The second-order valence-electron chi connectivity index (χ2n) is 5.21. The van der Waals surface area contributed by atoms with Crippen LogP contribution in [0.25, 0.3) is 0 Å². The first-order chi connectivity index (χ1) is 11.1. The second-order valence-corrected chi connectivity index (χ2v) is 5.21. The molecule has 1 aromatic rings. The molecule has 120 valence electrons. The summed E-state index contributed by atoms with van der Waals surface area (Å²) in [5, 5.41) is 26.6. The molecular weight excluding hydrogens is 296 g/mol. The molecule has 1 fully saturated rings. The van der Waals surface area contributed by atoms with Crippen molar-refractivity contribution in [1.29, 1.82) is 5.26 Å². The molecule has 1 aromatic carbocycles. The van der Waals surface area contributed by atoms with Crippen LogP contribution in [-0.4, -0.2) is 30.0 Å². The van der Waals surface area contributed by atoms with E-state index in [4.69, 9.17) is 5.26 Å². The number of nitrogens with one attached hydrogen (secondary N) is 3. The van der Waals surface area contributed by atoms with Gasteiger partial charge in [0.15, 0.2) is 0 Å². The highest BCUT2D eigenvalue weighted by atomic mass is 16.3. The van der Waals surface area contributed by atoms with Crippen molar-refractivity contribution in [3.05, 3.63) is 36.0 Å². The lowest BCUT2D eigenvalue weighted by Gasteiger charge is -2.20. The van der Waals surface area contributed by atoms with Gasteiger partial charge in [0.1, 0.15) is 17.4 Å². The highest BCUT2D eigenvalue weighted by Crippen LogP contribution is 2.16. The third-order valence-corrected chi connectivity index (χ3v) is 3.54. The molecule has 1 saturated heterocycles. The number of aromatic hydroxyl groups is 1. The van der Waals surface area contributed by atoms with Crippen LogP contribution in [0.5, 0.6) is 5.75 Å². The van der Waals surface area contributed by atoms with Crippen LogP contribution in [0, 0.1) is 17.2 Å². The van der Waals surface area contributed by atoms with Gasteiger partial charge in [-0.05, 0) is 38.1 Å². The lowest BCUT2D eigenvalue weighted by molar-refractivity contribution is -0.124. The van der Waals surface area contributed by atoms with Gasteiger partial charge in [-0.2, -0.15) is 5.26 Å². The first-order valence-electron chi connectivity index (χ1n) is 7.32. The maximum atomic E-state index is 12.0. The van der Waals surface area contributed by atoms with Crippen LogP contribution in [0.3, 0.4) is 0 Å². The maximum Gasteiger partial charge on any atom is 0.267 e. The van der Waals surface area contributed by atoms with Crippen molar-refractivity contribution in [2.45, 2.75) is 12.8 Å². The topological polar surface area (TPSA) is 114 Å². The number of nitriles is 1. The van der Waals surface area contributed by atoms with E-state index in [1.165, 1.54) is 12.1 Å². The average molecular weight is 314 g/mol. The van der Waals surface area contributed by atoms with Crippen molar-refractivity contribution in [1.82, 2.24) is 10.6 Å². The smallest absolute Gasteiger partial charge is 0.267 e. The van der Waals surface area contributed by atoms with Gasteiger partial charge >= 0.3 is 0 Å². The molecule has 7 nitrogen and oxygen atoms in total. The number of benzene rings is 1. The van der Waals surface area contributed by atoms with Crippen LogP contribution in [0.1, 0.15) is 12.8 Å². The standard InChI is InChI=1S/C16H18N4O3/c17-9-12(10-19-15(22)11-4-6-18-7-5-11)16(23)20-13-2-1-3-14(21)8-13/h1-3,8,10-11,18,21H,4-7H2,(H,19,22)(H,20,23)/b12-10-. The predicted molar refractivity (Wildman–Crippen MR) is 84.2 cm³/mol. The van der Waals surface area contributed by atoms with E-state index in [1.54, 1.807) is 18.2 Å². The van der Waals surface area contributed by atoms with E-state index in [0.29, 0.717) is 5.69 Å². The van der Waals surface area contributed by atoms with Gasteiger partial charge in [-0.1, -0.05) is 6.07 Å². The van der Waals surface area contributed by atoms with Gasteiger partial charge in [-0.15, -0.1) is 0 Å². The number of piperidine rings is 1. The van der Waals surface area contributed by atoms with Gasteiger partial charge in [0.2, 0.25) is 5.91 Å². The van der Waals surface area contributed by atoms with Crippen molar-refractivity contribution < 1.29 is 14.7 Å². The predicted octanol–water partition coefficient (Wildman–Crippen LogP) is 0.854. The molecule has 0 saturated carbocycles. The minimum atomic E-state index is -0.649. The second kappa shape index (κ2) is 7.96. The molecule has 0 spiro atoms. The molecule has 23 heavy (non-hydrogen) atoms. The summed E-state index contributed by atoms with van der Waals surface area (Å²) in [5.74, 6) is -0.945. The van der Waals surface area contributed by atoms with Crippen molar-refractivity contribution in [2.24, 2.45) is 5.92 Å². The molecule has 0 atom stereocenters. The molecule has 0 aromatic heterocycles. The Labute approximate surface area is 134 Å². The summed E-state index contributed by atoms with van der Waals surface area (Å²) in [6.45, 7) is 1.57. The average Bonchev–Trinajstić information content (AvgIpc) is 2.56. The largest absolute Gasteiger partial charge is 0.508 e. The Kier molecular flexibility index (Phi) is 5.72. The van der Waals surface area contributed by atoms with E-state index >= 15 is 0 Å². The molecule has 2 rings (SSSR count). The quantitative estimate of drug-likeness (QED) is 0.486. The molecule has 4 N–H and O–H groups in total. The minimum absolute atomic E-state index is 0.00416. The lowest BCUT2D eigenvalue weighted by atomic mass is 9.97. The van der Waals surface area contributed by atoms with Crippen LogP contribution in [0.15, 0.2) is 36.0 Å². The zero-order chi connectivity index (χ0) is 16.7. The molecule has 0 bridgehead atoms. The van der Waals surface area contributed by atoms with Gasteiger partial charge in [0, 0.05) is 23.9 Å². The number of nitrogens with zero attached hydrogens (tertiary/aromatic N) is 1. The van der Waals surface area contributed by atoms with Crippen molar-refractivity contribution >= 4 is 17.5 Å². The number of carbonyl (C=O) groups is 2. The molecule has 2 amide bonds. The molecule has 0 unspecified atom stereocenters. The fraction of sp³-hybridized carbons (Fsp3) is 0.312.